The van der Waals surface area contributed by atoms with Gasteiger partial charge in [-0.1, -0.05) is 0 Å². The van der Waals surface area contributed by atoms with E-state index in [-0.39, 0.29) is 10.6 Å². The molecule has 1 atom stereocenters. The van der Waals surface area contributed by atoms with E-state index in [0.29, 0.717) is 6.04 Å². The van der Waals surface area contributed by atoms with Crippen LogP contribution >= 0.6 is 11.3 Å². The Bertz CT molecular complexity index is 723. The molecule has 0 saturated carbocycles. The second-order valence-corrected chi connectivity index (χ2v) is 8.12. The van der Waals surface area contributed by atoms with Crippen LogP contribution in [0.15, 0.2) is 36.4 Å². The lowest BCUT2D eigenvalue weighted by atomic mass is 10.2. The lowest BCUT2D eigenvalue weighted by Gasteiger charge is -2.34. The Morgan fingerprint density at radius 2 is 1.85 bits per heavy atom. The van der Waals surface area contributed by atoms with Crippen molar-refractivity contribution in [2.45, 2.75) is 19.5 Å². The largest absolute Gasteiger partial charge is 0.308 e. The molecule has 1 aliphatic rings. The molecule has 0 bridgehead atoms. The van der Waals surface area contributed by atoms with E-state index in [0.717, 1.165) is 49.7 Å². The van der Waals surface area contributed by atoms with Crippen LogP contribution in [0.5, 0.6) is 0 Å². The van der Waals surface area contributed by atoms with Gasteiger partial charge >= 0.3 is 0 Å². The highest BCUT2D eigenvalue weighted by atomic mass is 32.1. The van der Waals surface area contributed by atoms with Gasteiger partial charge in [0.2, 0.25) is 0 Å². The van der Waals surface area contributed by atoms with Gasteiger partial charge in [0.15, 0.2) is 0 Å². The summed E-state index contributed by atoms with van der Waals surface area (Å²) in [7, 11) is 2.18. The molecule has 1 aliphatic heterocycles. The van der Waals surface area contributed by atoms with Gasteiger partial charge in [0.05, 0.1) is 4.92 Å². The predicted octanol–water partition coefficient (Wildman–Crippen LogP) is 3.05. The minimum Gasteiger partial charge on any atom is -0.308 e. The molecule has 140 valence electrons. The summed E-state index contributed by atoms with van der Waals surface area (Å²) < 4.78 is 0. The van der Waals surface area contributed by atoms with Gasteiger partial charge in [0.25, 0.3) is 5.69 Å². The zero-order chi connectivity index (χ0) is 18.5. The minimum atomic E-state index is -0.366. The molecule has 1 aromatic carbocycles. The third-order valence-corrected chi connectivity index (χ3v) is 5.91. The van der Waals surface area contributed by atoms with Gasteiger partial charge in [-0.3, -0.25) is 15.0 Å². The van der Waals surface area contributed by atoms with Crippen molar-refractivity contribution in [3.05, 3.63) is 51.4 Å². The van der Waals surface area contributed by atoms with Crippen molar-refractivity contribution < 1.29 is 4.92 Å². The quantitative estimate of drug-likeness (QED) is 0.596. The molecule has 1 N–H and O–H groups in total. The normalized spacial score (nSPS) is 17.3. The number of nitrogens with one attached hydrogen (secondary N) is 1. The summed E-state index contributed by atoms with van der Waals surface area (Å²) in [6.45, 7) is 8.76. The number of non-ortho nitro benzene ring substituents is 1. The summed E-state index contributed by atoms with van der Waals surface area (Å²) in [6, 6.07) is 11.4. The van der Waals surface area contributed by atoms with Crippen molar-refractivity contribution in [3.8, 4) is 10.4 Å². The molecule has 0 aliphatic carbocycles. The maximum atomic E-state index is 10.8. The molecule has 7 heteroatoms. The molecule has 1 saturated heterocycles. The summed E-state index contributed by atoms with van der Waals surface area (Å²) in [5.41, 5.74) is 1.15. The third kappa shape index (κ3) is 5.11. The molecule has 0 radical (unpaired) electrons. The minimum absolute atomic E-state index is 0.130. The molecule has 1 aromatic heterocycles. The van der Waals surface area contributed by atoms with Gasteiger partial charge in [-0.25, -0.2) is 0 Å². The molecule has 1 unspecified atom stereocenters. The van der Waals surface area contributed by atoms with Crippen LogP contribution in [0, 0.1) is 10.1 Å². The second kappa shape index (κ2) is 8.73. The summed E-state index contributed by atoms with van der Waals surface area (Å²) in [5.74, 6) is 0. The number of rotatable bonds is 7. The van der Waals surface area contributed by atoms with E-state index in [9.17, 15) is 10.1 Å². The summed E-state index contributed by atoms with van der Waals surface area (Å²) in [5, 5.41) is 14.4. The first-order valence-corrected chi connectivity index (χ1v) is 9.81. The topological polar surface area (TPSA) is 61.6 Å². The summed E-state index contributed by atoms with van der Waals surface area (Å²) in [6.07, 6.45) is 0. The summed E-state index contributed by atoms with van der Waals surface area (Å²) in [4.78, 5) is 17.7. The lowest BCUT2D eigenvalue weighted by Crippen LogP contribution is -2.48. The number of nitro benzene ring substituents is 1. The van der Waals surface area contributed by atoms with Gasteiger partial charge in [-0.05, 0) is 43.8 Å². The molecular weight excluding hydrogens is 348 g/mol. The average Bonchev–Trinajstić information content (AvgIpc) is 3.11. The molecule has 3 rings (SSSR count). The Morgan fingerprint density at radius 3 is 2.50 bits per heavy atom. The van der Waals surface area contributed by atoms with Crippen molar-refractivity contribution in [1.82, 2.24) is 15.1 Å². The fourth-order valence-corrected chi connectivity index (χ4v) is 4.10. The SMILES string of the molecule is CC(CN1CCN(C)CC1)NCc1ccc(-c2ccc([N+](=O)[O-])cc2)s1. The molecule has 0 spiro atoms. The Hall–Kier alpha value is -1.80. The highest BCUT2D eigenvalue weighted by molar-refractivity contribution is 7.15. The fourth-order valence-electron chi connectivity index (χ4n) is 3.13. The smallest absolute Gasteiger partial charge is 0.269 e. The van der Waals surface area contributed by atoms with Gasteiger partial charge < -0.3 is 10.2 Å². The Morgan fingerprint density at radius 1 is 1.15 bits per heavy atom. The van der Waals surface area contributed by atoms with Crippen LogP contribution in [0.1, 0.15) is 11.8 Å². The highest BCUT2D eigenvalue weighted by Crippen LogP contribution is 2.29. The number of benzene rings is 1. The van der Waals surface area contributed by atoms with Crippen LogP contribution < -0.4 is 5.32 Å². The van der Waals surface area contributed by atoms with Crippen LogP contribution in [0.4, 0.5) is 5.69 Å². The Kier molecular flexibility index (Phi) is 6.37. The zero-order valence-corrected chi connectivity index (χ0v) is 16.2. The number of likely N-dealkylation sites (N-methyl/N-ethyl adjacent to an activating group) is 1. The van der Waals surface area contributed by atoms with Crippen molar-refractivity contribution in [2.24, 2.45) is 0 Å². The van der Waals surface area contributed by atoms with Gasteiger partial charge in [0.1, 0.15) is 0 Å². The van der Waals surface area contributed by atoms with E-state index >= 15 is 0 Å². The standard InChI is InChI=1S/C19H26N4O2S/c1-15(14-22-11-9-21(2)10-12-22)20-13-18-7-8-19(26-18)16-3-5-17(6-4-16)23(24)25/h3-8,15,20H,9-14H2,1-2H3. The average molecular weight is 375 g/mol. The van der Waals surface area contributed by atoms with Gasteiger partial charge in [0, 0.05) is 67.2 Å². The lowest BCUT2D eigenvalue weighted by molar-refractivity contribution is -0.384. The van der Waals surface area contributed by atoms with E-state index < -0.39 is 0 Å². The monoisotopic (exact) mass is 374 g/mol. The van der Waals surface area contributed by atoms with Crippen LogP contribution in [-0.2, 0) is 6.54 Å². The number of nitro groups is 1. The van der Waals surface area contributed by atoms with Gasteiger partial charge in [-0.15, -0.1) is 11.3 Å². The zero-order valence-electron chi connectivity index (χ0n) is 15.4. The van der Waals surface area contributed by atoms with E-state index in [4.69, 9.17) is 0 Å². The maximum absolute atomic E-state index is 10.8. The van der Waals surface area contributed by atoms with E-state index in [1.54, 1.807) is 23.5 Å². The molecule has 2 heterocycles. The van der Waals surface area contributed by atoms with Crippen molar-refractivity contribution in [2.75, 3.05) is 39.8 Å². The Labute approximate surface area is 158 Å². The fraction of sp³-hybridized carbons (Fsp3) is 0.474. The van der Waals surface area contributed by atoms with Crippen LogP contribution in [0.25, 0.3) is 10.4 Å². The third-order valence-electron chi connectivity index (χ3n) is 4.78. The highest BCUT2D eigenvalue weighted by Gasteiger charge is 2.16. The number of piperazine rings is 1. The van der Waals surface area contributed by atoms with E-state index in [1.165, 1.54) is 4.88 Å². The number of hydrogen-bond donors (Lipinski definition) is 1. The second-order valence-electron chi connectivity index (χ2n) is 6.96. The molecule has 6 nitrogen and oxygen atoms in total. The van der Waals surface area contributed by atoms with E-state index in [1.807, 2.05) is 12.1 Å². The molecule has 0 amide bonds. The van der Waals surface area contributed by atoms with Crippen LogP contribution in [0.2, 0.25) is 0 Å². The molecule has 2 aromatic rings. The van der Waals surface area contributed by atoms with Crippen molar-refractivity contribution in [3.63, 3.8) is 0 Å². The van der Waals surface area contributed by atoms with Crippen LogP contribution in [0.3, 0.4) is 0 Å². The maximum Gasteiger partial charge on any atom is 0.269 e. The molecule has 1 fully saturated rings. The van der Waals surface area contributed by atoms with Crippen molar-refractivity contribution in [1.29, 1.82) is 0 Å². The predicted molar refractivity (Wildman–Crippen MR) is 107 cm³/mol. The van der Waals surface area contributed by atoms with Crippen molar-refractivity contribution >= 4 is 17.0 Å². The number of nitrogens with zero attached hydrogens (tertiary/aromatic N) is 3. The number of hydrogen-bond acceptors (Lipinski definition) is 6. The molecular formula is C19H26N4O2S. The number of thiophene rings is 1. The first-order valence-electron chi connectivity index (χ1n) is 8.99. The van der Waals surface area contributed by atoms with Crippen LogP contribution in [-0.4, -0.2) is 60.5 Å². The van der Waals surface area contributed by atoms with Gasteiger partial charge in [-0.2, -0.15) is 0 Å². The first kappa shape index (κ1) is 19.0. The Balaban J connectivity index is 1.49. The van der Waals surface area contributed by atoms with E-state index in [2.05, 4.69) is 41.2 Å². The summed E-state index contributed by atoms with van der Waals surface area (Å²) >= 11 is 1.74. The first-order chi connectivity index (χ1) is 12.5. The molecule has 26 heavy (non-hydrogen) atoms.